The van der Waals surface area contributed by atoms with Crippen LogP contribution in [0.1, 0.15) is 13.3 Å². The van der Waals surface area contributed by atoms with E-state index < -0.39 is 40.7 Å². The highest BCUT2D eigenvalue weighted by Gasteiger charge is 2.49. The average molecular weight is 448 g/mol. The normalized spacial score (nSPS) is 19.0. The fraction of sp³-hybridized carbons (Fsp3) is 0.500. The molecular weight excluding hydrogens is 424 g/mol. The van der Waals surface area contributed by atoms with Crippen LogP contribution < -0.4 is 27.2 Å². The fourth-order valence-electron chi connectivity index (χ4n) is 2.44. The number of carboxylic acids is 1. The Hall–Kier alpha value is -2.38. The second kappa shape index (κ2) is 11.0. The summed E-state index contributed by atoms with van der Waals surface area (Å²) in [5.41, 5.74) is 8.11. The molecule has 29 heavy (non-hydrogen) atoms. The standard InChI is InChI=1S/C16H24N4O7S2/c1-4-9(28-3)5-10(21)20-16(26-2,13(17)24)14-19-11(12(22)23)8(7-29-14)6-27-15(18)25/h4,14,19H,5-7H2,1-3H3,(H2,17,24)(H2,18,25)(H,20,21)(H,22,23)/p-1/b9-4-. The van der Waals surface area contributed by atoms with Gasteiger partial charge in [0, 0.05) is 18.4 Å². The highest BCUT2D eigenvalue weighted by Crippen LogP contribution is 2.31. The summed E-state index contributed by atoms with van der Waals surface area (Å²) in [4.78, 5) is 47.7. The van der Waals surface area contributed by atoms with Crippen molar-refractivity contribution in [2.45, 2.75) is 24.4 Å². The number of amides is 3. The first-order valence-electron chi connectivity index (χ1n) is 8.20. The first-order valence-corrected chi connectivity index (χ1v) is 10.5. The third-order valence-corrected chi connectivity index (χ3v) is 6.15. The zero-order valence-electron chi connectivity index (χ0n) is 16.1. The molecule has 1 aliphatic heterocycles. The number of carbonyl (C=O) groups excluding carboxylic acids is 4. The van der Waals surface area contributed by atoms with Crippen LogP contribution in [-0.2, 0) is 23.9 Å². The third kappa shape index (κ3) is 6.30. The van der Waals surface area contributed by atoms with Gasteiger partial charge in [0.05, 0.1) is 18.1 Å². The van der Waals surface area contributed by atoms with Crippen molar-refractivity contribution in [1.82, 2.24) is 10.6 Å². The molecule has 0 saturated carbocycles. The molecule has 1 aliphatic rings. The SMILES string of the molecule is C/C=C(/CC(=O)NC(OC)(C(N)=O)C1NC(C(=O)[O-])=C(COC(N)=O)CS1)SC. The van der Waals surface area contributed by atoms with E-state index in [1.807, 2.05) is 0 Å². The van der Waals surface area contributed by atoms with Gasteiger partial charge in [0.25, 0.3) is 11.6 Å². The minimum absolute atomic E-state index is 0.0195. The van der Waals surface area contributed by atoms with Gasteiger partial charge in [-0.05, 0) is 18.1 Å². The van der Waals surface area contributed by atoms with Gasteiger partial charge in [-0.2, -0.15) is 0 Å². The molecule has 2 atom stereocenters. The molecule has 1 heterocycles. The molecule has 0 aliphatic carbocycles. The van der Waals surface area contributed by atoms with Crippen LogP contribution in [0, 0.1) is 0 Å². The van der Waals surface area contributed by atoms with E-state index in [0.29, 0.717) is 0 Å². The van der Waals surface area contributed by atoms with Crippen molar-refractivity contribution in [3.8, 4) is 0 Å². The largest absolute Gasteiger partial charge is 0.543 e. The quantitative estimate of drug-likeness (QED) is 0.283. The number of nitrogens with one attached hydrogen (secondary N) is 2. The minimum Gasteiger partial charge on any atom is -0.543 e. The lowest BCUT2D eigenvalue weighted by Gasteiger charge is -2.41. The van der Waals surface area contributed by atoms with Gasteiger partial charge in [0.1, 0.15) is 12.0 Å². The molecule has 0 aromatic heterocycles. The Kier molecular flexibility index (Phi) is 9.33. The number of carbonyl (C=O) groups is 4. The van der Waals surface area contributed by atoms with Crippen molar-refractivity contribution in [1.29, 1.82) is 0 Å². The number of aliphatic carboxylic acids is 1. The monoisotopic (exact) mass is 447 g/mol. The summed E-state index contributed by atoms with van der Waals surface area (Å²) in [5, 5.41) is 15.5. The number of allylic oxidation sites excluding steroid dienone is 1. The Morgan fingerprint density at radius 2 is 2.07 bits per heavy atom. The molecular formula is C16H23N4O7S2-. The molecule has 0 radical (unpaired) electrons. The maximum atomic E-state index is 12.4. The van der Waals surface area contributed by atoms with Crippen molar-refractivity contribution >= 4 is 47.4 Å². The maximum absolute atomic E-state index is 12.4. The van der Waals surface area contributed by atoms with Crippen LogP contribution in [0.5, 0.6) is 0 Å². The van der Waals surface area contributed by atoms with Gasteiger partial charge >= 0.3 is 6.09 Å². The summed E-state index contributed by atoms with van der Waals surface area (Å²) in [6.07, 6.45) is 2.45. The second-order valence-electron chi connectivity index (χ2n) is 5.70. The predicted octanol–water partition coefficient (Wildman–Crippen LogP) is -1.65. The molecule has 162 valence electrons. The highest BCUT2D eigenvalue weighted by atomic mass is 32.2. The molecule has 6 N–H and O–H groups in total. The van der Waals surface area contributed by atoms with Crippen molar-refractivity contribution in [2.75, 3.05) is 25.7 Å². The number of ether oxygens (including phenoxy) is 2. The summed E-state index contributed by atoms with van der Waals surface area (Å²) in [5.74, 6) is -3.15. The van der Waals surface area contributed by atoms with Crippen LogP contribution in [-0.4, -0.2) is 60.7 Å². The summed E-state index contributed by atoms with van der Waals surface area (Å²) < 4.78 is 9.89. The smallest absolute Gasteiger partial charge is 0.404 e. The van der Waals surface area contributed by atoms with Crippen molar-refractivity contribution in [3.05, 3.63) is 22.3 Å². The molecule has 0 spiro atoms. The summed E-state index contributed by atoms with van der Waals surface area (Å²) in [6, 6.07) is 0. The third-order valence-electron chi connectivity index (χ3n) is 3.95. The van der Waals surface area contributed by atoms with E-state index in [1.165, 1.54) is 11.8 Å². The van der Waals surface area contributed by atoms with Crippen molar-refractivity contribution < 1.29 is 33.8 Å². The molecule has 3 amide bonds. The fourth-order valence-corrected chi connectivity index (χ4v) is 4.26. The minimum atomic E-state index is -2.05. The number of primary amides is 2. The van der Waals surface area contributed by atoms with E-state index in [-0.39, 0.29) is 24.4 Å². The zero-order valence-corrected chi connectivity index (χ0v) is 17.7. The van der Waals surface area contributed by atoms with Gasteiger partial charge in [0.2, 0.25) is 5.91 Å². The number of carboxylic acid groups (broad SMARTS) is 1. The maximum Gasteiger partial charge on any atom is 0.404 e. The average Bonchev–Trinajstić information content (AvgIpc) is 2.68. The molecule has 0 saturated heterocycles. The van der Waals surface area contributed by atoms with E-state index in [0.717, 1.165) is 23.8 Å². The van der Waals surface area contributed by atoms with E-state index in [9.17, 15) is 24.3 Å². The number of hydrogen-bond acceptors (Lipinski definition) is 10. The Labute approximate surface area is 176 Å². The first kappa shape index (κ1) is 24.7. The molecule has 0 aromatic carbocycles. The number of hydrogen-bond donors (Lipinski definition) is 4. The Bertz CT molecular complexity index is 741. The number of nitrogens with two attached hydrogens (primary N) is 2. The van der Waals surface area contributed by atoms with Crippen LogP contribution in [0.2, 0.25) is 0 Å². The van der Waals surface area contributed by atoms with Crippen molar-refractivity contribution in [2.24, 2.45) is 11.5 Å². The first-order chi connectivity index (χ1) is 13.6. The van der Waals surface area contributed by atoms with Crippen LogP contribution in [0.15, 0.2) is 22.3 Å². The molecule has 1 rings (SSSR count). The van der Waals surface area contributed by atoms with E-state index in [4.69, 9.17) is 16.2 Å². The molecule has 0 bridgehead atoms. The van der Waals surface area contributed by atoms with Gasteiger partial charge in [-0.15, -0.1) is 23.5 Å². The summed E-state index contributed by atoms with van der Waals surface area (Å²) >= 11 is 2.39. The van der Waals surface area contributed by atoms with Gasteiger partial charge in [0.15, 0.2) is 0 Å². The molecule has 2 unspecified atom stereocenters. The van der Waals surface area contributed by atoms with Gasteiger partial charge < -0.3 is 41.5 Å². The number of rotatable bonds is 10. The van der Waals surface area contributed by atoms with E-state index >= 15 is 0 Å². The molecule has 11 nitrogen and oxygen atoms in total. The molecule has 0 fully saturated rings. The van der Waals surface area contributed by atoms with Crippen LogP contribution in [0.3, 0.4) is 0 Å². The van der Waals surface area contributed by atoms with Crippen LogP contribution in [0.25, 0.3) is 0 Å². The van der Waals surface area contributed by atoms with E-state index in [1.54, 1.807) is 19.3 Å². The number of methoxy groups -OCH3 is 1. The van der Waals surface area contributed by atoms with Gasteiger partial charge in [-0.25, -0.2) is 4.79 Å². The lowest BCUT2D eigenvalue weighted by molar-refractivity contribution is -0.300. The molecule has 13 heteroatoms. The van der Waals surface area contributed by atoms with Crippen LogP contribution >= 0.6 is 23.5 Å². The Balaban J connectivity index is 3.16. The lowest BCUT2D eigenvalue weighted by Crippen LogP contribution is -2.69. The van der Waals surface area contributed by atoms with Crippen molar-refractivity contribution in [3.63, 3.8) is 0 Å². The predicted molar refractivity (Wildman–Crippen MR) is 106 cm³/mol. The van der Waals surface area contributed by atoms with Gasteiger partial charge in [-0.1, -0.05) is 6.08 Å². The summed E-state index contributed by atoms with van der Waals surface area (Å²) in [6.45, 7) is 1.38. The van der Waals surface area contributed by atoms with Crippen LogP contribution in [0.4, 0.5) is 4.79 Å². The Morgan fingerprint density at radius 1 is 1.41 bits per heavy atom. The zero-order chi connectivity index (χ0) is 22.2. The second-order valence-corrected chi connectivity index (χ2v) is 7.72. The lowest BCUT2D eigenvalue weighted by atomic mass is 10.1. The topological polar surface area (TPSA) is 186 Å². The summed E-state index contributed by atoms with van der Waals surface area (Å²) in [7, 11) is 1.16. The number of thioether (sulfide) groups is 2. The molecule has 0 aromatic rings. The Morgan fingerprint density at radius 3 is 2.52 bits per heavy atom. The highest BCUT2D eigenvalue weighted by molar-refractivity contribution is 8.02. The van der Waals surface area contributed by atoms with E-state index in [2.05, 4.69) is 15.4 Å². The van der Waals surface area contributed by atoms with Gasteiger partial charge in [-0.3, -0.25) is 9.59 Å².